The summed E-state index contributed by atoms with van der Waals surface area (Å²) in [6.45, 7) is 7.08. The van der Waals surface area contributed by atoms with Crippen LogP contribution in [0.25, 0.3) is 0 Å². The average molecular weight is 330 g/mol. The molecule has 1 fully saturated rings. The van der Waals surface area contributed by atoms with Crippen molar-refractivity contribution in [2.24, 2.45) is 5.41 Å². The first-order valence-corrected chi connectivity index (χ1v) is 9.39. The Labute approximate surface area is 143 Å². The molecule has 23 heavy (non-hydrogen) atoms. The van der Waals surface area contributed by atoms with Crippen LogP contribution in [0.1, 0.15) is 30.2 Å². The maximum absolute atomic E-state index is 5.85. The summed E-state index contributed by atoms with van der Waals surface area (Å²) < 4.78 is 5.85. The smallest absolute Gasteiger partial charge is 0.0535 e. The normalized spacial score (nSPS) is 21.8. The predicted molar refractivity (Wildman–Crippen MR) is 95.7 cm³/mol. The molecular formula is C19H26N2OS. The summed E-state index contributed by atoms with van der Waals surface area (Å²) in [5.41, 5.74) is 1.61. The Morgan fingerprint density at radius 3 is 3.04 bits per heavy atom. The van der Waals surface area contributed by atoms with E-state index < -0.39 is 0 Å². The van der Waals surface area contributed by atoms with Gasteiger partial charge in [0.25, 0.3) is 0 Å². The first kappa shape index (κ1) is 16.6. The van der Waals surface area contributed by atoms with Crippen LogP contribution in [-0.2, 0) is 17.7 Å². The third-order valence-electron chi connectivity index (χ3n) is 4.74. The van der Waals surface area contributed by atoms with Crippen molar-refractivity contribution in [1.82, 2.24) is 9.88 Å². The van der Waals surface area contributed by atoms with E-state index in [-0.39, 0.29) is 0 Å². The summed E-state index contributed by atoms with van der Waals surface area (Å²) in [6.07, 6.45) is 7.45. The van der Waals surface area contributed by atoms with Gasteiger partial charge >= 0.3 is 0 Å². The minimum atomic E-state index is 0.308. The van der Waals surface area contributed by atoms with Gasteiger partial charge in [0.2, 0.25) is 0 Å². The summed E-state index contributed by atoms with van der Waals surface area (Å²) in [7, 11) is 0. The molecule has 0 aliphatic carbocycles. The molecule has 0 unspecified atom stereocenters. The lowest BCUT2D eigenvalue weighted by atomic mass is 9.83. The van der Waals surface area contributed by atoms with E-state index in [1.165, 1.54) is 29.7 Å². The lowest BCUT2D eigenvalue weighted by Crippen LogP contribution is -2.32. The molecule has 0 spiro atoms. The van der Waals surface area contributed by atoms with Gasteiger partial charge in [-0.2, -0.15) is 0 Å². The Kier molecular flexibility index (Phi) is 5.81. The van der Waals surface area contributed by atoms with Gasteiger partial charge in [-0.1, -0.05) is 12.1 Å². The number of aromatic nitrogens is 1. The molecule has 124 valence electrons. The molecule has 2 aromatic heterocycles. The fourth-order valence-corrected chi connectivity index (χ4v) is 4.18. The Hall–Kier alpha value is -1.23. The molecule has 3 heterocycles. The topological polar surface area (TPSA) is 25.4 Å². The van der Waals surface area contributed by atoms with Crippen LogP contribution in [0.4, 0.5) is 0 Å². The Morgan fingerprint density at radius 2 is 2.30 bits per heavy atom. The molecule has 0 saturated carbocycles. The second kappa shape index (κ2) is 8.04. The van der Waals surface area contributed by atoms with Crippen LogP contribution in [0.3, 0.4) is 0 Å². The molecule has 0 amide bonds. The van der Waals surface area contributed by atoms with E-state index >= 15 is 0 Å². The van der Waals surface area contributed by atoms with Gasteiger partial charge in [0, 0.05) is 42.4 Å². The molecule has 0 radical (unpaired) electrons. The molecule has 3 nitrogen and oxygen atoms in total. The van der Waals surface area contributed by atoms with Crippen molar-refractivity contribution < 1.29 is 4.74 Å². The van der Waals surface area contributed by atoms with Gasteiger partial charge < -0.3 is 4.74 Å². The molecule has 0 N–H and O–H groups in total. The van der Waals surface area contributed by atoms with Gasteiger partial charge in [0.1, 0.15) is 0 Å². The number of hydrogen-bond acceptors (Lipinski definition) is 4. The maximum Gasteiger partial charge on any atom is 0.0535 e. The summed E-state index contributed by atoms with van der Waals surface area (Å²) in [4.78, 5) is 8.28. The molecule has 3 rings (SSSR count). The molecule has 2 aromatic rings. The Balaban J connectivity index is 1.60. The summed E-state index contributed by atoms with van der Waals surface area (Å²) in [6, 6.07) is 8.59. The van der Waals surface area contributed by atoms with Crippen molar-refractivity contribution in [2.75, 3.05) is 26.3 Å². The summed E-state index contributed by atoms with van der Waals surface area (Å²) in [5, 5.41) is 2.17. The molecule has 0 bridgehead atoms. The third kappa shape index (κ3) is 4.63. The first-order valence-electron chi connectivity index (χ1n) is 8.51. The quantitative estimate of drug-likeness (QED) is 0.731. The number of thiophene rings is 1. The number of rotatable bonds is 8. The van der Waals surface area contributed by atoms with Crippen molar-refractivity contribution in [2.45, 2.75) is 32.7 Å². The number of pyridine rings is 1. The first-order chi connectivity index (χ1) is 11.3. The standard InChI is InChI=1S/C19H26N2OS/c1-2-22-16-19(8-7-18-6-4-12-23-18)9-11-21(15-19)14-17-5-3-10-20-13-17/h3-6,10,12-13H,2,7-9,11,14-16H2,1H3/t19-/m1/s1. The van der Waals surface area contributed by atoms with Gasteiger partial charge in [-0.25, -0.2) is 0 Å². The number of nitrogens with zero attached hydrogens (tertiary/aromatic N) is 2. The van der Waals surface area contributed by atoms with E-state index in [0.29, 0.717) is 5.41 Å². The molecule has 1 atom stereocenters. The summed E-state index contributed by atoms with van der Waals surface area (Å²) in [5.74, 6) is 0. The third-order valence-corrected chi connectivity index (χ3v) is 5.68. The minimum absolute atomic E-state index is 0.308. The van der Waals surface area contributed by atoms with E-state index in [2.05, 4.69) is 40.4 Å². The second-order valence-electron chi connectivity index (χ2n) is 6.54. The van der Waals surface area contributed by atoms with E-state index in [1.807, 2.05) is 29.8 Å². The highest BCUT2D eigenvalue weighted by Gasteiger charge is 2.37. The van der Waals surface area contributed by atoms with Crippen molar-refractivity contribution >= 4 is 11.3 Å². The molecule has 0 aromatic carbocycles. The molecule has 4 heteroatoms. The number of ether oxygens (including phenoxy) is 1. The van der Waals surface area contributed by atoms with Crippen LogP contribution in [0.5, 0.6) is 0 Å². The monoisotopic (exact) mass is 330 g/mol. The van der Waals surface area contributed by atoms with Gasteiger partial charge in [-0.3, -0.25) is 9.88 Å². The zero-order chi connectivity index (χ0) is 16.0. The van der Waals surface area contributed by atoms with Gasteiger partial charge in [-0.15, -0.1) is 11.3 Å². The Morgan fingerprint density at radius 1 is 1.35 bits per heavy atom. The van der Waals surface area contributed by atoms with Crippen molar-refractivity contribution in [3.05, 3.63) is 52.5 Å². The van der Waals surface area contributed by atoms with Crippen LogP contribution in [0.15, 0.2) is 42.0 Å². The van der Waals surface area contributed by atoms with Crippen LogP contribution >= 0.6 is 11.3 Å². The highest BCUT2D eigenvalue weighted by atomic mass is 32.1. The van der Waals surface area contributed by atoms with Crippen LogP contribution in [-0.4, -0.2) is 36.2 Å². The Bertz CT molecular complexity index is 572. The molecular weight excluding hydrogens is 304 g/mol. The van der Waals surface area contributed by atoms with E-state index in [1.54, 1.807) is 0 Å². The largest absolute Gasteiger partial charge is 0.381 e. The van der Waals surface area contributed by atoms with Gasteiger partial charge in [-0.05, 0) is 55.8 Å². The number of likely N-dealkylation sites (tertiary alicyclic amines) is 1. The van der Waals surface area contributed by atoms with Crippen LogP contribution in [0.2, 0.25) is 0 Å². The SMILES string of the molecule is CCOC[C@]1(CCc2cccs2)CCN(Cc2cccnc2)C1. The van der Waals surface area contributed by atoms with Crippen LogP contribution in [0, 0.1) is 5.41 Å². The predicted octanol–water partition coefficient (Wildman–Crippen LogP) is 4.00. The zero-order valence-electron chi connectivity index (χ0n) is 13.9. The molecule has 1 aliphatic heterocycles. The van der Waals surface area contributed by atoms with Crippen LogP contribution < -0.4 is 0 Å². The van der Waals surface area contributed by atoms with E-state index in [4.69, 9.17) is 4.74 Å². The molecule has 1 aliphatic rings. The number of aryl methyl sites for hydroxylation is 1. The lowest BCUT2D eigenvalue weighted by molar-refractivity contribution is 0.0490. The van der Waals surface area contributed by atoms with E-state index in [0.717, 1.165) is 32.8 Å². The maximum atomic E-state index is 5.85. The van der Waals surface area contributed by atoms with Gasteiger partial charge in [0.15, 0.2) is 0 Å². The highest BCUT2D eigenvalue weighted by Crippen LogP contribution is 2.36. The second-order valence-corrected chi connectivity index (χ2v) is 7.57. The number of hydrogen-bond donors (Lipinski definition) is 0. The van der Waals surface area contributed by atoms with Crippen molar-refractivity contribution in [1.29, 1.82) is 0 Å². The fraction of sp³-hybridized carbons (Fsp3) is 0.526. The average Bonchev–Trinajstić information content (AvgIpc) is 3.23. The van der Waals surface area contributed by atoms with Gasteiger partial charge in [0.05, 0.1) is 6.61 Å². The summed E-state index contributed by atoms with van der Waals surface area (Å²) >= 11 is 1.87. The highest BCUT2D eigenvalue weighted by molar-refractivity contribution is 7.09. The van der Waals surface area contributed by atoms with Crippen molar-refractivity contribution in [3.63, 3.8) is 0 Å². The lowest BCUT2D eigenvalue weighted by Gasteiger charge is -2.29. The van der Waals surface area contributed by atoms with E-state index in [9.17, 15) is 0 Å². The minimum Gasteiger partial charge on any atom is -0.381 e. The molecule has 1 saturated heterocycles. The fourth-order valence-electron chi connectivity index (χ4n) is 3.47. The van der Waals surface area contributed by atoms with Crippen molar-refractivity contribution in [3.8, 4) is 0 Å². The zero-order valence-corrected chi connectivity index (χ0v) is 14.7.